The first-order valence-corrected chi connectivity index (χ1v) is 19.9. The van der Waals surface area contributed by atoms with E-state index in [2.05, 4.69) is 207 Å². The molecule has 0 spiro atoms. The summed E-state index contributed by atoms with van der Waals surface area (Å²) in [7, 11) is -2.57. The van der Waals surface area contributed by atoms with Crippen molar-refractivity contribution in [2.24, 2.45) is 0 Å². The molecule has 10 rings (SSSR count). The van der Waals surface area contributed by atoms with Crippen LogP contribution in [0.25, 0.3) is 33.0 Å². The first kappa shape index (κ1) is 29.9. The Morgan fingerprint density at radius 3 is 1.61 bits per heavy atom. The molecule has 0 aromatic heterocycles. The fourth-order valence-corrected chi connectivity index (χ4v) is 14.3. The Bertz CT molecular complexity index is 2570. The minimum atomic E-state index is -2.57. The summed E-state index contributed by atoms with van der Waals surface area (Å²) < 4.78 is 0. The van der Waals surface area contributed by atoms with Crippen molar-refractivity contribution < 1.29 is 0 Å². The molecule has 0 radical (unpaired) electrons. The zero-order valence-electron chi connectivity index (χ0n) is 28.8. The van der Waals surface area contributed by atoms with Crippen molar-refractivity contribution in [1.82, 2.24) is 0 Å². The van der Waals surface area contributed by atoms with E-state index in [1.807, 2.05) is 0 Å². The maximum atomic E-state index is 2.45. The highest BCUT2D eigenvalue weighted by atomic mass is 28.3. The van der Waals surface area contributed by atoms with Gasteiger partial charge in [-0.1, -0.05) is 166 Å². The Balaban J connectivity index is 1.17. The monoisotopic (exact) mass is 667 g/mol. The fraction of sp³-hybridized carbons (Fsp3) is 0.0612. The van der Waals surface area contributed by atoms with Gasteiger partial charge in [-0.05, 0) is 101 Å². The quantitative estimate of drug-likeness (QED) is 0.165. The standard InChI is InChI=1S/C49H37NSi/c1-49(2)45-21-11-8-18-41(45)42-31-28-38(33-46(42)49)50(37-25-24-34-14-6-7-15-35(34)32-37)36-26-29-40(30-27-36)51(39-16-4-3-5-17-39)47-22-12-9-19-43(47)44-20-10-13-23-48(44)51/h3-33H,1-2H3. The molecular weight excluding hydrogens is 631 g/mol. The summed E-state index contributed by atoms with van der Waals surface area (Å²) in [6.07, 6.45) is 0. The van der Waals surface area contributed by atoms with E-state index < -0.39 is 8.07 Å². The van der Waals surface area contributed by atoms with Gasteiger partial charge in [0.25, 0.3) is 0 Å². The van der Waals surface area contributed by atoms with Crippen LogP contribution in [0.1, 0.15) is 25.0 Å². The minimum Gasteiger partial charge on any atom is -0.310 e. The van der Waals surface area contributed by atoms with E-state index in [1.54, 1.807) is 0 Å². The molecule has 0 bridgehead atoms. The van der Waals surface area contributed by atoms with Crippen LogP contribution in [0.2, 0.25) is 0 Å². The summed E-state index contributed by atoms with van der Waals surface area (Å²) in [5, 5.41) is 8.24. The van der Waals surface area contributed by atoms with E-state index in [0.29, 0.717) is 0 Å². The maximum absolute atomic E-state index is 2.57. The van der Waals surface area contributed by atoms with Gasteiger partial charge in [0.05, 0.1) is 0 Å². The molecule has 2 aliphatic rings. The van der Waals surface area contributed by atoms with Crippen LogP contribution in [0.15, 0.2) is 188 Å². The minimum absolute atomic E-state index is 0.0855. The number of fused-ring (bicyclic) bond motifs is 7. The van der Waals surface area contributed by atoms with Gasteiger partial charge in [-0.3, -0.25) is 0 Å². The highest BCUT2D eigenvalue weighted by molar-refractivity contribution is 7.22. The largest absolute Gasteiger partial charge is 0.310 e. The molecule has 1 nitrogen and oxygen atoms in total. The van der Waals surface area contributed by atoms with E-state index in [0.717, 1.165) is 11.4 Å². The molecule has 8 aromatic rings. The predicted octanol–water partition coefficient (Wildman–Crippen LogP) is 9.97. The Kier molecular flexibility index (Phi) is 6.62. The van der Waals surface area contributed by atoms with Crippen molar-refractivity contribution in [1.29, 1.82) is 0 Å². The molecule has 0 fully saturated rings. The van der Waals surface area contributed by atoms with Crippen molar-refractivity contribution in [3.05, 3.63) is 199 Å². The Morgan fingerprint density at radius 2 is 0.882 bits per heavy atom. The lowest BCUT2D eigenvalue weighted by atomic mass is 9.82. The normalized spacial score (nSPS) is 14.4. The van der Waals surface area contributed by atoms with Gasteiger partial charge in [0.15, 0.2) is 8.07 Å². The van der Waals surface area contributed by atoms with Gasteiger partial charge in [0.2, 0.25) is 0 Å². The molecule has 0 amide bonds. The Labute approximate surface area is 301 Å². The van der Waals surface area contributed by atoms with Gasteiger partial charge < -0.3 is 4.90 Å². The average molecular weight is 668 g/mol. The van der Waals surface area contributed by atoms with Gasteiger partial charge >= 0.3 is 0 Å². The first-order chi connectivity index (χ1) is 25.0. The molecule has 0 N–H and O–H groups in total. The molecule has 0 saturated heterocycles. The molecule has 242 valence electrons. The van der Waals surface area contributed by atoms with Crippen molar-refractivity contribution in [3.8, 4) is 22.3 Å². The van der Waals surface area contributed by atoms with Gasteiger partial charge in [-0.2, -0.15) is 0 Å². The van der Waals surface area contributed by atoms with Crippen molar-refractivity contribution >= 4 is 56.7 Å². The van der Waals surface area contributed by atoms with Crippen LogP contribution in [0.5, 0.6) is 0 Å². The second-order valence-corrected chi connectivity index (χ2v) is 18.3. The lowest BCUT2D eigenvalue weighted by Gasteiger charge is -2.32. The van der Waals surface area contributed by atoms with Gasteiger partial charge in [0.1, 0.15) is 0 Å². The van der Waals surface area contributed by atoms with Crippen LogP contribution in [0.3, 0.4) is 0 Å². The highest BCUT2D eigenvalue weighted by Gasteiger charge is 2.48. The SMILES string of the molecule is CC1(C)c2ccccc2-c2ccc(N(c3ccc([Si]4(c5ccccc5)c5ccccc5-c5ccccc54)cc3)c3ccc4ccccc4c3)cc21. The molecule has 0 atom stereocenters. The molecule has 1 heterocycles. The maximum Gasteiger partial charge on any atom is 0.180 e. The van der Waals surface area contributed by atoms with E-state index >= 15 is 0 Å². The third-order valence-corrected chi connectivity index (χ3v) is 16.4. The predicted molar refractivity (Wildman–Crippen MR) is 219 cm³/mol. The van der Waals surface area contributed by atoms with Gasteiger partial charge in [0, 0.05) is 22.5 Å². The Hall–Kier alpha value is -5.96. The van der Waals surface area contributed by atoms with Crippen LogP contribution in [0, 0.1) is 0 Å². The first-order valence-electron chi connectivity index (χ1n) is 17.9. The molecule has 1 aliphatic carbocycles. The molecule has 0 unspecified atom stereocenters. The number of rotatable bonds is 5. The average Bonchev–Trinajstić information content (AvgIpc) is 3.61. The molecule has 0 saturated carbocycles. The number of hydrogen-bond donors (Lipinski definition) is 0. The summed E-state index contributed by atoms with van der Waals surface area (Å²) in [4.78, 5) is 2.45. The highest BCUT2D eigenvalue weighted by Crippen LogP contribution is 2.50. The molecule has 8 aromatic carbocycles. The fourth-order valence-electron chi connectivity index (χ4n) is 9.17. The third-order valence-electron chi connectivity index (χ3n) is 11.5. The summed E-state index contributed by atoms with van der Waals surface area (Å²) in [6, 6.07) is 70.5. The summed E-state index contributed by atoms with van der Waals surface area (Å²) in [6.45, 7) is 4.73. The molecular formula is C49H37NSi. The van der Waals surface area contributed by atoms with Crippen LogP contribution in [0.4, 0.5) is 17.1 Å². The van der Waals surface area contributed by atoms with Crippen LogP contribution in [-0.2, 0) is 5.41 Å². The summed E-state index contributed by atoms with van der Waals surface area (Å²) in [5.74, 6) is 0. The second-order valence-electron chi connectivity index (χ2n) is 14.5. The summed E-state index contributed by atoms with van der Waals surface area (Å²) in [5.41, 5.74) is 11.6. The van der Waals surface area contributed by atoms with Crippen molar-refractivity contribution in [2.75, 3.05) is 4.90 Å². The number of hydrogen-bond acceptors (Lipinski definition) is 1. The lowest BCUT2D eigenvalue weighted by molar-refractivity contribution is 0.660. The van der Waals surface area contributed by atoms with Crippen LogP contribution >= 0.6 is 0 Å². The smallest absolute Gasteiger partial charge is 0.180 e. The van der Waals surface area contributed by atoms with Gasteiger partial charge in [-0.25, -0.2) is 0 Å². The molecule has 1 aliphatic heterocycles. The lowest BCUT2D eigenvalue weighted by Crippen LogP contribution is -2.72. The number of nitrogens with zero attached hydrogens (tertiary/aromatic N) is 1. The van der Waals surface area contributed by atoms with E-state index in [4.69, 9.17) is 0 Å². The zero-order chi connectivity index (χ0) is 34.2. The molecule has 2 heteroatoms. The topological polar surface area (TPSA) is 3.24 Å². The van der Waals surface area contributed by atoms with Crippen LogP contribution < -0.4 is 25.6 Å². The second kappa shape index (κ2) is 11.3. The van der Waals surface area contributed by atoms with Gasteiger partial charge in [-0.15, -0.1) is 0 Å². The van der Waals surface area contributed by atoms with E-state index in [-0.39, 0.29) is 5.41 Å². The van der Waals surface area contributed by atoms with Crippen LogP contribution in [-0.4, -0.2) is 8.07 Å². The third kappa shape index (κ3) is 4.33. The number of anilines is 3. The molecule has 51 heavy (non-hydrogen) atoms. The van der Waals surface area contributed by atoms with E-state index in [9.17, 15) is 0 Å². The van der Waals surface area contributed by atoms with Crippen molar-refractivity contribution in [2.45, 2.75) is 19.3 Å². The van der Waals surface area contributed by atoms with E-state index in [1.165, 1.54) is 70.6 Å². The van der Waals surface area contributed by atoms with Crippen molar-refractivity contribution in [3.63, 3.8) is 0 Å². The zero-order valence-corrected chi connectivity index (χ0v) is 29.8. The summed E-state index contributed by atoms with van der Waals surface area (Å²) >= 11 is 0. The number of benzene rings is 8. The Morgan fingerprint density at radius 1 is 0.373 bits per heavy atom.